The smallest absolute Gasteiger partial charge is 0.423 e. The van der Waals surface area contributed by atoms with Crippen LogP contribution in [-0.4, -0.2) is 26.9 Å². The van der Waals surface area contributed by atoms with Crippen molar-refractivity contribution < 1.29 is 10.0 Å². The van der Waals surface area contributed by atoms with Crippen LogP contribution in [0, 0.1) is 0 Å². The van der Waals surface area contributed by atoms with Crippen molar-refractivity contribution in [1.29, 1.82) is 0 Å². The Balaban J connectivity index is 2.33. The maximum Gasteiger partial charge on any atom is 0.488 e. The van der Waals surface area contributed by atoms with Gasteiger partial charge in [0, 0.05) is 5.69 Å². The molecule has 0 saturated heterocycles. The van der Waals surface area contributed by atoms with Crippen LogP contribution in [0.5, 0.6) is 0 Å². The van der Waals surface area contributed by atoms with Gasteiger partial charge in [-0.2, -0.15) is 5.10 Å². The molecule has 2 N–H and O–H groups in total. The lowest BCUT2D eigenvalue weighted by Gasteiger charge is -2.10. The molecule has 0 unspecified atom stereocenters. The number of aromatic nitrogens is 2. The number of aryl methyl sites for hydroxylation is 2. The molecule has 0 amide bonds. The maximum atomic E-state index is 9.39. The van der Waals surface area contributed by atoms with Crippen LogP contribution in [0.1, 0.15) is 30.8 Å². The summed E-state index contributed by atoms with van der Waals surface area (Å²) in [6, 6.07) is 9.45. The summed E-state index contributed by atoms with van der Waals surface area (Å²) in [5.41, 5.74) is 3.66. The Morgan fingerprint density at radius 2 is 1.89 bits per heavy atom. The van der Waals surface area contributed by atoms with Crippen molar-refractivity contribution in [1.82, 2.24) is 9.78 Å². The van der Waals surface area contributed by atoms with Gasteiger partial charge in [0.1, 0.15) is 0 Å². The Bertz CT molecular complexity index is 552. The van der Waals surface area contributed by atoms with Gasteiger partial charge in [-0.3, -0.25) is 4.68 Å². The topological polar surface area (TPSA) is 58.3 Å². The number of hydrogen-bond acceptors (Lipinski definition) is 3. The van der Waals surface area contributed by atoms with Crippen molar-refractivity contribution in [3.63, 3.8) is 0 Å². The summed E-state index contributed by atoms with van der Waals surface area (Å²) in [4.78, 5) is 0. The van der Waals surface area contributed by atoms with Crippen LogP contribution < -0.4 is 5.46 Å². The van der Waals surface area contributed by atoms with Crippen molar-refractivity contribution in [2.45, 2.75) is 33.2 Å². The molecule has 1 heterocycles. The van der Waals surface area contributed by atoms with E-state index in [2.05, 4.69) is 25.0 Å². The molecule has 0 aliphatic carbocycles. The minimum Gasteiger partial charge on any atom is -0.423 e. The van der Waals surface area contributed by atoms with Crippen LogP contribution >= 0.6 is 0 Å². The van der Waals surface area contributed by atoms with Crippen molar-refractivity contribution in [2.75, 3.05) is 0 Å². The fourth-order valence-corrected chi connectivity index (χ4v) is 2.20. The molecule has 5 heteroatoms. The molecule has 0 aliphatic heterocycles. The van der Waals surface area contributed by atoms with Crippen LogP contribution in [-0.2, 0) is 19.4 Å². The van der Waals surface area contributed by atoms with Gasteiger partial charge in [0.15, 0.2) is 0 Å². The highest BCUT2D eigenvalue weighted by atomic mass is 16.4. The molecule has 2 aromatic rings. The van der Waals surface area contributed by atoms with Crippen LogP contribution in [0.4, 0.5) is 0 Å². The fraction of sp³-hybridized carbons (Fsp3) is 0.357. The van der Waals surface area contributed by atoms with Gasteiger partial charge in [0.25, 0.3) is 0 Å². The predicted molar refractivity (Wildman–Crippen MR) is 76.4 cm³/mol. The molecule has 0 saturated carbocycles. The first-order chi connectivity index (χ1) is 9.15. The monoisotopic (exact) mass is 258 g/mol. The Labute approximate surface area is 113 Å². The zero-order valence-corrected chi connectivity index (χ0v) is 11.4. The Morgan fingerprint density at radius 1 is 1.16 bits per heavy atom. The van der Waals surface area contributed by atoms with Gasteiger partial charge in [-0.25, -0.2) is 0 Å². The van der Waals surface area contributed by atoms with Gasteiger partial charge in [-0.1, -0.05) is 38.1 Å². The van der Waals surface area contributed by atoms with Gasteiger partial charge in [0.05, 0.1) is 12.2 Å². The van der Waals surface area contributed by atoms with E-state index >= 15 is 0 Å². The van der Waals surface area contributed by atoms with E-state index in [0.29, 0.717) is 12.0 Å². The van der Waals surface area contributed by atoms with Crippen molar-refractivity contribution in [3.05, 3.63) is 47.3 Å². The van der Waals surface area contributed by atoms with Gasteiger partial charge < -0.3 is 10.0 Å². The van der Waals surface area contributed by atoms with Gasteiger partial charge in [-0.05, 0) is 29.9 Å². The zero-order valence-electron chi connectivity index (χ0n) is 11.4. The number of nitrogens with zero attached hydrogens (tertiary/aromatic N) is 2. The lowest BCUT2D eigenvalue weighted by atomic mass is 9.77. The molecule has 1 aromatic carbocycles. The van der Waals surface area contributed by atoms with E-state index in [4.69, 9.17) is 0 Å². The summed E-state index contributed by atoms with van der Waals surface area (Å²) in [7, 11) is -1.44. The highest BCUT2D eigenvalue weighted by Gasteiger charge is 2.16. The SMILES string of the molecule is CCc1cc(CC)n(Cc2ccccc2B(O)O)n1. The first kappa shape index (κ1) is 13.8. The molecular formula is C14H19BN2O2. The summed E-state index contributed by atoms with van der Waals surface area (Å²) < 4.78 is 1.94. The Morgan fingerprint density at radius 3 is 2.53 bits per heavy atom. The van der Waals surface area contributed by atoms with Crippen LogP contribution in [0.15, 0.2) is 30.3 Å². The van der Waals surface area contributed by atoms with E-state index in [0.717, 1.165) is 24.1 Å². The van der Waals surface area contributed by atoms with E-state index in [1.807, 2.05) is 16.8 Å². The molecule has 2 rings (SSSR count). The number of rotatable bonds is 5. The minimum absolute atomic E-state index is 0.540. The van der Waals surface area contributed by atoms with Crippen molar-refractivity contribution in [3.8, 4) is 0 Å². The highest BCUT2D eigenvalue weighted by molar-refractivity contribution is 6.59. The molecule has 1 aromatic heterocycles. The minimum atomic E-state index is -1.44. The summed E-state index contributed by atoms with van der Waals surface area (Å²) >= 11 is 0. The van der Waals surface area contributed by atoms with Crippen LogP contribution in [0.3, 0.4) is 0 Å². The largest absolute Gasteiger partial charge is 0.488 e. The van der Waals surface area contributed by atoms with E-state index in [-0.39, 0.29) is 0 Å². The predicted octanol–water partition coefficient (Wildman–Crippen LogP) is 0.736. The number of benzene rings is 1. The van der Waals surface area contributed by atoms with Gasteiger partial charge in [-0.15, -0.1) is 0 Å². The Kier molecular flexibility index (Phi) is 4.40. The third kappa shape index (κ3) is 3.05. The molecular weight excluding hydrogens is 239 g/mol. The second kappa shape index (κ2) is 6.04. The Hall–Kier alpha value is -1.59. The average molecular weight is 258 g/mol. The second-order valence-corrected chi connectivity index (χ2v) is 4.56. The van der Waals surface area contributed by atoms with E-state index in [9.17, 15) is 10.0 Å². The fourth-order valence-electron chi connectivity index (χ4n) is 2.20. The van der Waals surface area contributed by atoms with Crippen LogP contribution in [0.25, 0.3) is 0 Å². The van der Waals surface area contributed by atoms with E-state index in [1.54, 1.807) is 12.1 Å². The van der Waals surface area contributed by atoms with E-state index in [1.165, 1.54) is 5.69 Å². The normalized spacial score (nSPS) is 10.7. The van der Waals surface area contributed by atoms with Crippen LogP contribution in [0.2, 0.25) is 0 Å². The molecule has 19 heavy (non-hydrogen) atoms. The third-order valence-corrected chi connectivity index (χ3v) is 3.29. The van der Waals surface area contributed by atoms with Gasteiger partial charge in [0.2, 0.25) is 0 Å². The molecule has 0 atom stereocenters. The zero-order chi connectivity index (χ0) is 13.8. The molecule has 0 fully saturated rings. The molecule has 0 bridgehead atoms. The molecule has 4 nitrogen and oxygen atoms in total. The highest BCUT2D eigenvalue weighted by Crippen LogP contribution is 2.09. The lowest BCUT2D eigenvalue weighted by Crippen LogP contribution is -2.33. The molecule has 0 aliphatic rings. The average Bonchev–Trinajstić information content (AvgIpc) is 2.81. The second-order valence-electron chi connectivity index (χ2n) is 4.56. The summed E-state index contributed by atoms with van der Waals surface area (Å²) in [6.07, 6.45) is 1.82. The number of hydrogen-bond donors (Lipinski definition) is 2. The maximum absolute atomic E-state index is 9.39. The molecule has 0 radical (unpaired) electrons. The quantitative estimate of drug-likeness (QED) is 0.777. The third-order valence-electron chi connectivity index (χ3n) is 3.29. The first-order valence-electron chi connectivity index (χ1n) is 6.65. The standard InChI is InChI=1S/C14H19BN2O2/c1-3-12-9-13(4-2)17(16-12)10-11-7-5-6-8-14(11)15(18)19/h5-9,18-19H,3-4,10H2,1-2H3. The molecule has 100 valence electrons. The first-order valence-corrected chi connectivity index (χ1v) is 6.65. The van der Waals surface area contributed by atoms with E-state index < -0.39 is 7.12 Å². The summed E-state index contributed by atoms with van der Waals surface area (Å²) in [5, 5.41) is 23.3. The summed E-state index contributed by atoms with van der Waals surface area (Å²) in [6.45, 7) is 4.74. The van der Waals surface area contributed by atoms with Crippen molar-refractivity contribution >= 4 is 12.6 Å². The lowest BCUT2D eigenvalue weighted by molar-refractivity contribution is 0.425. The van der Waals surface area contributed by atoms with Gasteiger partial charge >= 0.3 is 7.12 Å². The van der Waals surface area contributed by atoms with Crippen molar-refractivity contribution in [2.24, 2.45) is 0 Å². The molecule has 0 spiro atoms. The summed E-state index contributed by atoms with van der Waals surface area (Å²) in [5.74, 6) is 0.